The molecule has 0 saturated heterocycles. The maximum Gasteiger partial charge on any atom is 0.359 e. The number of ether oxygens (including phenoxy) is 3. The molecule has 1 heterocycles. The van der Waals surface area contributed by atoms with Crippen LogP contribution in [0.5, 0.6) is 0 Å². The summed E-state index contributed by atoms with van der Waals surface area (Å²) >= 11 is 0. The topological polar surface area (TPSA) is 79.6 Å². The molecule has 1 aromatic rings. The maximum atomic E-state index is 12.2. The van der Waals surface area contributed by atoms with Gasteiger partial charge in [-0.1, -0.05) is 0 Å². The SMILES string of the molecule is CCOC(=O)c1nn(CCOCC2CC2)c(C(=O)OCC)c1C. The molecule has 0 amide bonds. The molecule has 0 radical (unpaired) electrons. The molecule has 128 valence electrons. The fourth-order valence-electron chi connectivity index (χ4n) is 2.25. The lowest BCUT2D eigenvalue weighted by molar-refractivity contribution is 0.0499. The molecule has 0 atom stereocenters. The number of esters is 2. The summed E-state index contributed by atoms with van der Waals surface area (Å²) < 4.78 is 17.1. The highest BCUT2D eigenvalue weighted by molar-refractivity contribution is 5.95. The Morgan fingerprint density at radius 1 is 1.17 bits per heavy atom. The Morgan fingerprint density at radius 3 is 2.43 bits per heavy atom. The van der Waals surface area contributed by atoms with E-state index in [1.807, 2.05) is 0 Å². The van der Waals surface area contributed by atoms with Crippen molar-refractivity contribution in [3.05, 3.63) is 17.0 Å². The van der Waals surface area contributed by atoms with Gasteiger partial charge < -0.3 is 14.2 Å². The van der Waals surface area contributed by atoms with E-state index in [0.717, 1.165) is 6.61 Å². The van der Waals surface area contributed by atoms with Crippen LogP contribution in [0.15, 0.2) is 0 Å². The zero-order valence-corrected chi connectivity index (χ0v) is 14.0. The molecule has 1 aromatic heterocycles. The highest BCUT2D eigenvalue weighted by Crippen LogP contribution is 2.28. The molecular weight excluding hydrogens is 300 g/mol. The van der Waals surface area contributed by atoms with E-state index in [9.17, 15) is 9.59 Å². The van der Waals surface area contributed by atoms with Crippen molar-refractivity contribution in [2.24, 2.45) is 5.92 Å². The third-order valence-corrected chi connectivity index (χ3v) is 3.62. The van der Waals surface area contributed by atoms with Gasteiger partial charge in [0.2, 0.25) is 0 Å². The third kappa shape index (κ3) is 4.54. The van der Waals surface area contributed by atoms with Gasteiger partial charge in [0.15, 0.2) is 5.69 Å². The largest absolute Gasteiger partial charge is 0.461 e. The molecule has 7 nitrogen and oxygen atoms in total. The van der Waals surface area contributed by atoms with Crippen LogP contribution < -0.4 is 0 Å². The van der Waals surface area contributed by atoms with Crippen molar-refractivity contribution in [2.45, 2.75) is 40.2 Å². The van der Waals surface area contributed by atoms with Gasteiger partial charge in [0.25, 0.3) is 0 Å². The number of hydrogen-bond acceptors (Lipinski definition) is 6. The average molecular weight is 324 g/mol. The van der Waals surface area contributed by atoms with Crippen LogP contribution in [0, 0.1) is 12.8 Å². The van der Waals surface area contributed by atoms with Crippen LogP contribution in [0.2, 0.25) is 0 Å². The maximum absolute atomic E-state index is 12.2. The van der Waals surface area contributed by atoms with E-state index in [-0.39, 0.29) is 24.6 Å². The first-order valence-corrected chi connectivity index (χ1v) is 8.07. The van der Waals surface area contributed by atoms with Gasteiger partial charge >= 0.3 is 11.9 Å². The lowest BCUT2D eigenvalue weighted by Crippen LogP contribution is -2.17. The van der Waals surface area contributed by atoms with Crippen LogP contribution in [0.4, 0.5) is 0 Å². The Kier molecular flexibility index (Phi) is 6.15. The standard InChI is InChI=1S/C16H24N2O5/c1-4-22-15(19)13-11(3)14(16(20)23-5-2)18(17-13)8-9-21-10-12-6-7-12/h12H,4-10H2,1-3H3. The molecule has 0 N–H and O–H groups in total. The second-order valence-electron chi connectivity index (χ2n) is 5.50. The minimum absolute atomic E-state index is 0.150. The highest BCUT2D eigenvalue weighted by Gasteiger charge is 2.26. The minimum atomic E-state index is -0.534. The molecule has 1 aliphatic carbocycles. The van der Waals surface area contributed by atoms with Gasteiger partial charge in [0.05, 0.1) is 26.4 Å². The molecule has 0 aliphatic heterocycles. The summed E-state index contributed by atoms with van der Waals surface area (Å²) in [6.45, 7) is 7.21. The zero-order chi connectivity index (χ0) is 16.8. The van der Waals surface area contributed by atoms with Crippen molar-refractivity contribution in [3.8, 4) is 0 Å². The average Bonchev–Trinajstić information content (AvgIpc) is 3.27. The van der Waals surface area contributed by atoms with Crippen molar-refractivity contribution < 1.29 is 23.8 Å². The molecule has 0 bridgehead atoms. The molecule has 23 heavy (non-hydrogen) atoms. The van der Waals surface area contributed by atoms with Crippen LogP contribution in [-0.4, -0.2) is 48.1 Å². The van der Waals surface area contributed by atoms with Gasteiger partial charge in [0, 0.05) is 12.2 Å². The quantitative estimate of drug-likeness (QED) is 0.510. The third-order valence-electron chi connectivity index (χ3n) is 3.62. The summed E-state index contributed by atoms with van der Waals surface area (Å²) in [5.41, 5.74) is 0.908. The van der Waals surface area contributed by atoms with Crippen LogP contribution in [0.3, 0.4) is 0 Å². The first-order chi connectivity index (χ1) is 11.1. The fourth-order valence-corrected chi connectivity index (χ4v) is 2.25. The summed E-state index contributed by atoms with van der Waals surface area (Å²) in [5.74, 6) is -0.350. The van der Waals surface area contributed by atoms with Crippen LogP contribution in [-0.2, 0) is 20.8 Å². The van der Waals surface area contributed by atoms with Gasteiger partial charge in [-0.3, -0.25) is 4.68 Å². The van der Waals surface area contributed by atoms with Crippen molar-refractivity contribution in [1.29, 1.82) is 0 Å². The first-order valence-electron chi connectivity index (χ1n) is 8.07. The van der Waals surface area contributed by atoms with Crippen molar-refractivity contribution in [3.63, 3.8) is 0 Å². The van der Waals surface area contributed by atoms with Gasteiger partial charge in [-0.25, -0.2) is 9.59 Å². The molecule has 2 rings (SSSR count). The molecule has 1 saturated carbocycles. The molecule has 1 aliphatic rings. The molecule has 7 heteroatoms. The van der Waals surface area contributed by atoms with E-state index in [4.69, 9.17) is 14.2 Å². The zero-order valence-electron chi connectivity index (χ0n) is 14.0. The van der Waals surface area contributed by atoms with E-state index < -0.39 is 11.9 Å². The summed E-state index contributed by atoms with van der Waals surface area (Å²) in [6.07, 6.45) is 2.45. The van der Waals surface area contributed by atoms with Crippen molar-refractivity contribution in [2.75, 3.05) is 26.4 Å². The predicted octanol–water partition coefficient (Wildman–Crippen LogP) is 1.97. The molecule has 0 aromatic carbocycles. The molecule has 1 fully saturated rings. The fraction of sp³-hybridized carbons (Fsp3) is 0.688. The van der Waals surface area contributed by atoms with Crippen LogP contribution >= 0.6 is 0 Å². The monoisotopic (exact) mass is 324 g/mol. The number of hydrogen-bond donors (Lipinski definition) is 0. The lowest BCUT2D eigenvalue weighted by Gasteiger charge is -2.08. The number of rotatable bonds is 9. The predicted molar refractivity (Wildman–Crippen MR) is 82.4 cm³/mol. The Morgan fingerprint density at radius 2 is 1.83 bits per heavy atom. The van der Waals surface area contributed by atoms with E-state index in [0.29, 0.717) is 24.6 Å². The normalized spacial score (nSPS) is 13.9. The van der Waals surface area contributed by atoms with Crippen molar-refractivity contribution in [1.82, 2.24) is 9.78 Å². The van der Waals surface area contributed by atoms with Gasteiger partial charge in [-0.2, -0.15) is 5.10 Å². The second-order valence-corrected chi connectivity index (χ2v) is 5.50. The number of carbonyl (C=O) groups excluding carboxylic acids is 2. The minimum Gasteiger partial charge on any atom is -0.461 e. The Hall–Kier alpha value is -1.89. The number of nitrogens with zero attached hydrogens (tertiary/aromatic N) is 2. The first kappa shape index (κ1) is 17.5. The van der Waals surface area contributed by atoms with Gasteiger partial charge in [-0.05, 0) is 39.5 Å². The van der Waals surface area contributed by atoms with Crippen molar-refractivity contribution >= 4 is 11.9 Å². The van der Waals surface area contributed by atoms with Crippen LogP contribution in [0.25, 0.3) is 0 Å². The summed E-state index contributed by atoms with van der Waals surface area (Å²) in [5, 5.41) is 4.23. The second kappa shape index (κ2) is 8.10. The smallest absolute Gasteiger partial charge is 0.359 e. The Labute approximate surface area is 135 Å². The van der Waals surface area contributed by atoms with Gasteiger partial charge in [0.1, 0.15) is 5.69 Å². The van der Waals surface area contributed by atoms with Gasteiger partial charge in [-0.15, -0.1) is 0 Å². The molecule has 0 unspecified atom stereocenters. The van der Waals surface area contributed by atoms with Crippen LogP contribution in [0.1, 0.15) is 53.2 Å². The number of aromatic nitrogens is 2. The van der Waals surface area contributed by atoms with E-state index >= 15 is 0 Å². The Balaban J connectivity index is 2.13. The molecular formula is C16H24N2O5. The number of carbonyl (C=O) groups is 2. The van der Waals surface area contributed by atoms with E-state index in [1.54, 1.807) is 20.8 Å². The Bertz CT molecular complexity index is 563. The highest BCUT2D eigenvalue weighted by atomic mass is 16.5. The van der Waals surface area contributed by atoms with E-state index in [1.165, 1.54) is 17.5 Å². The lowest BCUT2D eigenvalue weighted by atomic mass is 10.2. The molecule has 0 spiro atoms. The summed E-state index contributed by atoms with van der Waals surface area (Å²) in [7, 11) is 0. The summed E-state index contributed by atoms with van der Waals surface area (Å²) in [4.78, 5) is 24.1. The summed E-state index contributed by atoms with van der Waals surface area (Å²) in [6, 6.07) is 0. The van der Waals surface area contributed by atoms with E-state index in [2.05, 4.69) is 5.10 Å².